The summed E-state index contributed by atoms with van der Waals surface area (Å²) in [5.74, 6) is 2.13. The molecule has 0 spiro atoms. The molecule has 4 heteroatoms. The van der Waals surface area contributed by atoms with Crippen molar-refractivity contribution in [1.82, 2.24) is 0 Å². The van der Waals surface area contributed by atoms with E-state index in [0.29, 0.717) is 17.9 Å². The van der Waals surface area contributed by atoms with E-state index >= 15 is 0 Å². The van der Waals surface area contributed by atoms with Gasteiger partial charge < -0.3 is 14.2 Å². The number of ketones is 1. The number of carbonyl (C=O) groups excluding carboxylic acids is 1. The van der Waals surface area contributed by atoms with E-state index in [1.165, 1.54) is 0 Å². The van der Waals surface area contributed by atoms with Crippen molar-refractivity contribution in [3.05, 3.63) is 71.8 Å². The fourth-order valence-electron chi connectivity index (χ4n) is 3.41. The highest BCUT2D eigenvalue weighted by molar-refractivity contribution is 6.06. The molecule has 2 aromatic rings. The van der Waals surface area contributed by atoms with Crippen molar-refractivity contribution in [2.75, 3.05) is 6.61 Å². The Morgan fingerprint density at radius 1 is 0.853 bits per heavy atom. The predicted molar refractivity (Wildman–Crippen MR) is 141 cm³/mol. The normalized spacial score (nSPS) is 12.5. The summed E-state index contributed by atoms with van der Waals surface area (Å²) >= 11 is 0. The molecule has 0 aliphatic rings. The van der Waals surface area contributed by atoms with Crippen LogP contribution in [0, 0.1) is 0 Å². The van der Waals surface area contributed by atoms with E-state index in [9.17, 15) is 4.79 Å². The first-order chi connectivity index (χ1) is 15.6. The Morgan fingerprint density at radius 2 is 1.35 bits per heavy atom. The Labute approximate surface area is 205 Å². The lowest BCUT2D eigenvalue weighted by molar-refractivity contribution is 0.104. The van der Waals surface area contributed by atoms with E-state index in [1.54, 1.807) is 36.4 Å². The standard InChI is InChI=1S/C30H40O4/c1-11-18-32-23-15-13-22(14-16-23)24(31)17-12-21-19-25(33-29(5,6)7)27(28(2,3)4)26(20-21)34-30(8,9)10/h11-17,19-20H,1,18H2,2-10H3. The molecule has 2 aromatic carbocycles. The molecule has 0 amide bonds. The van der Waals surface area contributed by atoms with E-state index in [1.807, 2.05) is 59.8 Å². The largest absolute Gasteiger partial charge is 0.490 e. The van der Waals surface area contributed by atoms with Gasteiger partial charge in [-0.25, -0.2) is 0 Å². The molecule has 0 fully saturated rings. The molecule has 0 saturated heterocycles. The fraction of sp³-hybridized carbons (Fsp3) is 0.433. The minimum absolute atomic E-state index is 0.0910. The van der Waals surface area contributed by atoms with E-state index in [2.05, 4.69) is 27.4 Å². The van der Waals surface area contributed by atoms with Crippen molar-refractivity contribution in [1.29, 1.82) is 0 Å². The number of hydrogen-bond donors (Lipinski definition) is 0. The fourth-order valence-corrected chi connectivity index (χ4v) is 3.41. The average Bonchev–Trinajstić information content (AvgIpc) is 2.67. The molecule has 0 atom stereocenters. The maximum atomic E-state index is 12.8. The molecule has 0 heterocycles. The minimum Gasteiger partial charge on any atom is -0.490 e. The lowest BCUT2D eigenvalue weighted by Gasteiger charge is -2.32. The van der Waals surface area contributed by atoms with Crippen LogP contribution in [0.3, 0.4) is 0 Å². The number of ether oxygens (including phenoxy) is 3. The average molecular weight is 465 g/mol. The number of hydrogen-bond acceptors (Lipinski definition) is 4. The van der Waals surface area contributed by atoms with Gasteiger partial charge in [-0.2, -0.15) is 0 Å². The second kappa shape index (κ2) is 10.5. The number of allylic oxidation sites excluding steroid dienone is 1. The van der Waals surface area contributed by atoms with Crippen LogP contribution in [0.5, 0.6) is 17.2 Å². The molecule has 0 bridgehead atoms. The van der Waals surface area contributed by atoms with E-state index in [4.69, 9.17) is 14.2 Å². The van der Waals surface area contributed by atoms with Gasteiger partial charge in [0, 0.05) is 11.1 Å². The van der Waals surface area contributed by atoms with Gasteiger partial charge in [0.25, 0.3) is 0 Å². The van der Waals surface area contributed by atoms with Crippen LogP contribution in [0.4, 0.5) is 0 Å². The minimum atomic E-state index is -0.382. The lowest BCUT2D eigenvalue weighted by atomic mass is 9.84. The third kappa shape index (κ3) is 8.40. The number of rotatable bonds is 8. The van der Waals surface area contributed by atoms with Gasteiger partial charge in [-0.1, -0.05) is 39.5 Å². The van der Waals surface area contributed by atoms with E-state index in [-0.39, 0.29) is 22.4 Å². The van der Waals surface area contributed by atoms with Crippen molar-refractivity contribution in [2.45, 2.75) is 78.9 Å². The van der Waals surface area contributed by atoms with Crippen LogP contribution in [0.25, 0.3) is 6.08 Å². The smallest absolute Gasteiger partial charge is 0.185 e. The molecule has 4 nitrogen and oxygen atoms in total. The summed E-state index contributed by atoms with van der Waals surface area (Å²) in [6.45, 7) is 22.7. The second-order valence-electron chi connectivity index (χ2n) is 11.4. The van der Waals surface area contributed by atoms with Crippen molar-refractivity contribution < 1.29 is 19.0 Å². The Hall–Kier alpha value is -3.01. The molecule has 0 saturated carbocycles. The number of benzene rings is 2. The van der Waals surface area contributed by atoms with Crippen molar-refractivity contribution in [3.8, 4) is 17.2 Å². The first kappa shape index (κ1) is 27.2. The predicted octanol–water partition coefficient (Wildman–Crippen LogP) is 7.80. The molecule has 0 aromatic heterocycles. The molecule has 0 aliphatic heterocycles. The Kier molecular flexibility index (Phi) is 8.41. The van der Waals surface area contributed by atoms with E-state index in [0.717, 1.165) is 22.6 Å². The summed E-state index contributed by atoms with van der Waals surface area (Å²) in [5, 5.41) is 0. The molecular formula is C30H40O4. The highest BCUT2D eigenvalue weighted by Gasteiger charge is 2.29. The quantitative estimate of drug-likeness (QED) is 0.227. The number of carbonyl (C=O) groups is 1. The zero-order valence-corrected chi connectivity index (χ0v) is 22.2. The van der Waals surface area contributed by atoms with Crippen molar-refractivity contribution >= 4 is 11.9 Å². The van der Waals surface area contributed by atoms with E-state index < -0.39 is 0 Å². The van der Waals surface area contributed by atoms with Crippen LogP contribution in [0.15, 0.2) is 55.1 Å². The molecule has 2 rings (SSSR count). The van der Waals surface area contributed by atoms with Gasteiger partial charge in [0.15, 0.2) is 5.78 Å². The summed E-state index contributed by atoms with van der Waals surface area (Å²) in [6, 6.07) is 11.1. The summed E-state index contributed by atoms with van der Waals surface area (Å²) in [5.41, 5.74) is 1.47. The first-order valence-electron chi connectivity index (χ1n) is 11.7. The maximum absolute atomic E-state index is 12.8. The van der Waals surface area contributed by atoms with Crippen molar-refractivity contribution in [3.63, 3.8) is 0 Å². The Balaban J connectivity index is 2.46. The SMILES string of the molecule is C=CCOc1ccc(C(=O)C=Cc2cc(OC(C)(C)C)c(C(C)(C)C)c(OC(C)(C)C)c2)cc1. The zero-order chi connectivity index (χ0) is 25.7. The van der Waals surface area contributed by atoms with Gasteiger partial charge in [-0.15, -0.1) is 0 Å². The molecule has 0 unspecified atom stereocenters. The third-order valence-corrected chi connectivity index (χ3v) is 4.60. The highest BCUT2D eigenvalue weighted by atomic mass is 16.5. The molecule has 0 N–H and O–H groups in total. The topological polar surface area (TPSA) is 44.8 Å². The Bertz CT molecular complexity index is 986. The Morgan fingerprint density at radius 3 is 1.76 bits per heavy atom. The first-order valence-corrected chi connectivity index (χ1v) is 11.7. The van der Waals surface area contributed by atoms with Crippen LogP contribution in [0.2, 0.25) is 0 Å². The second-order valence-corrected chi connectivity index (χ2v) is 11.4. The van der Waals surface area contributed by atoms with Crippen LogP contribution < -0.4 is 14.2 Å². The molecule has 184 valence electrons. The van der Waals surface area contributed by atoms with Gasteiger partial charge in [-0.05, 0) is 95.0 Å². The van der Waals surface area contributed by atoms with Crippen LogP contribution in [-0.4, -0.2) is 23.6 Å². The van der Waals surface area contributed by atoms with Crippen molar-refractivity contribution in [2.24, 2.45) is 0 Å². The van der Waals surface area contributed by atoms with Crippen LogP contribution in [0.1, 0.15) is 83.8 Å². The molecule has 0 radical (unpaired) electrons. The summed E-state index contributed by atoms with van der Waals surface area (Å²) in [4.78, 5) is 12.8. The monoisotopic (exact) mass is 464 g/mol. The summed E-state index contributed by atoms with van der Waals surface area (Å²) in [7, 11) is 0. The van der Waals surface area contributed by atoms with Crippen LogP contribution in [-0.2, 0) is 5.41 Å². The lowest BCUT2D eigenvalue weighted by Crippen LogP contribution is -2.28. The molecule has 0 aliphatic carbocycles. The molecular weight excluding hydrogens is 424 g/mol. The molecule has 34 heavy (non-hydrogen) atoms. The van der Waals surface area contributed by atoms with Gasteiger partial charge in [0.2, 0.25) is 0 Å². The zero-order valence-electron chi connectivity index (χ0n) is 22.2. The third-order valence-electron chi connectivity index (χ3n) is 4.60. The maximum Gasteiger partial charge on any atom is 0.185 e. The highest BCUT2D eigenvalue weighted by Crippen LogP contribution is 2.42. The van der Waals surface area contributed by atoms with Crippen LogP contribution >= 0.6 is 0 Å². The van der Waals surface area contributed by atoms with Gasteiger partial charge in [0.1, 0.15) is 35.1 Å². The summed E-state index contributed by atoms with van der Waals surface area (Å²) in [6.07, 6.45) is 5.07. The van der Waals surface area contributed by atoms with Gasteiger partial charge >= 0.3 is 0 Å². The summed E-state index contributed by atoms with van der Waals surface area (Å²) < 4.78 is 18.2. The van der Waals surface area contributed by atoms with Gasteiger partial charge in [-0.3, -0.25) is 4.79 Å². The van der Waals surface area contributed by atoms with Gasteiger partial charge in [0.05, 0.1) is 0 Å².